The lowest BCUT2D eigenvalue weighted by Gasteiger charge is -2.28. The molecule has 2 aromatic rings. The highest BCUT2D eigenvalue weighted by molar-refractivity contribution is 7.98. The summed E-state index contributed by atoms with van der Waals surface area (Å²) in [5, 5.41) is 10.9. The molecular weight excluding hydrogens is 366 g/mol. The fraction of sp³-hybridized carbons (Fsp3) is 0.458. The van der Waals surface area contributed by atoms with E-state index in [0.29, 0.717) is 11.3 Å². The van der Waals surface area contributed by atoms with Gasteiger partial charge in [0, 0.05) is 41.4 Å². The summed E-state index contributed by atoms with van der Waals surface area (Å²) in [4.78, 5) is 14.8. The van der Waals surface area contributed by atoms with E-state index in [9.17, 15) is 9.90 Å². The molecule has 0 aliphatic heterocycles. The van der Waals surface area contributed by atoms with Gasteiger partial charge in [0.05, 0.1) is 0 Å². The predicted molar refractivity (Wildman–Crippen MR) is 120 cm³/mol. The third-order valence-corrected chi connectivity index (χ3v) is 5.76. The van der Waals surface area contributed by atoms with Crippen molar-refractivity contribution in [1.82, 2.24) is 4.90 Å². The molecule has 2 rings (SSSR count). The van der Waals surface area contributed by atoms with E-state index in [0.717, 1.165) is 21.8 Å². The molecule has 1 N–H and O–H groups in total. The third-order valence-electron chi connectivity index (χ3n) is 4.71. The Kier molecular flexibility index (Phi) is 6.55. The molecule has 0 aliphatic rings. The van der Waals surface area contributed by atoms with Crippen LogP contribution >= 0.6 is 11.8 Å². The molecule has 0 saturated carbocycles. The van der Waals surface area contributed by atoms with Gasteiger partial charge in [-0.3, -0.25) is 4.79 Å². The van der Waals surface area contributed by atoms with E-state index < -0.39 is 0 Å². The maximum absolute atomic E-state index is 12.0. The number of aromatic hydroxyl groups is 1. The Hall–Kier alpha value is -1.94. The van der Waals surface area contributed by atoms with Crippen molar-refractivity contribution in [3.05, 3.63) is 58.7 Å². The Morgan fingerprint density at radius 1 is 0.929 bits per heavy atom. The third kappa shape index (κ3) is 5.32. The molecule has 3 nitrogen and oxygen atoms in total. The molecule has 0 unspecified atom stereocenters. The highest BCUT2D eigenvalue weighted by Crippen LogP contribution is 2.42. The summed E-state index contributed by atoms with van der Waals surface area (Å²) in [5.74, 6) is 1.24. The number of hydrogen-bond donors (Lipinski definition) is 1. The summed E-state index contributed by atoms with van der Waals surface area (Å²) in [7, 11) is 3.52. The first-order valence-corrected chi connectivity index (χ1v) is 10.6. The summed E-state index contributed by atoms with van der Waals surface area (Å²) in [5.41, 5.74) is 3.57. The van der Waals surface area contributed by atoms with Crippen molar-refractivity contribution in [2.45, 2.75) is 63.0 Å². The molecular formula is C24H33NO2S. The Morgan fingerprint density at radius 3 is 1.79 bits per heavy atom. The van der Waals surface area contributed by atoms with Crippen LogP contribution < -0.4 is 0 Å². The van der Waals surface area contributed by atoms with Crippen LogP contribution in [0, 0.1) is 0 Å². The second kappa shape index (κ2) is 8.20. The number of nitrogens with zero attached hydrogens (tertiary/aromatic N) is 1. The number of carbonyl (C=O) groups excluding carboxylic acids is 1. The Balaban J connectivity index is 2.28. The first-order valence-electron chi connectivity index (χ1n) is 9.62. The fourth-order valence-electron chi connectivity index (χ4n) is 3.00. The van der Waals surface area contributed by atoms with Crippen LogP contribution in [0.5, 0.6) is 5.75 Å². The topological polar surface area (TPSA) is 40.5 Å². The molecule has 0 aliphatic carbocycles. The quantitative estimate of drug-likeness (QED) is 0.643. The smallest absolute Gasteiger partial charge is 0.253 e. The molecule has 28 heavy (non-hydrogen) atoms. The zero-order chi connectivity index (χ0) is 21.3. The van der Waals surface area contributed by atoms with E-state index >= 15 is 0 Å². The second-order valence-electron chi connectivity index (χ2n) is 9.55. The van der Waals surface area contributed by atoms with Crippen molar-refractivity contribution in [1.29, 1.82) is 0 Å². The van der Waals surface area contributed by atoms with Gasteiger partial charge in [-0.1, -0.05) is 53.7 Å². The van der Waals surface area contributed by atoms with Crippen LogP contribution in [0.4, 0.5) is 0 Å². The SMILES string of the molecule is CN(C)C(=O)c1ccc(CSc2cc(C(C)(C)C)c(O)c(C(C)(C)C)c2)cc1. The van der Waals surface area contributed by atoms with Gasteiger partial charge in [-0.2, -0.15) is 0 Å². The summed E-state index contributed by atoms with van der Waals surface area (Å²) < 4.78 is 0. The Labute approximate surface area is 174 Å². The monoisotopic (exact) mass is 399 g/mol. The first kappa shape index (κ1) is 22.4. The van der Waals surface area contributed by atoms with Crippen molar-refractivity contribution in [2.75, 3.05) is 14.1 Å². The van der Waals surface area contributed by atoms with Gasteiger partial charge in [-0.15, -0.1) is 11.8 Å². The van der Waals surface area contributed by atoms with Crippen molar-refractivity contribution >= 4 is 17.7 Å². The van der Waals surface area contributed by atoms with E-state index in [-0.39, 0.29) is 16.7 Å². The van der Waals surface area contributed by atoms with Crippen molar-refractivity contribution in [3.8, 4) is 5.75 Å². The number of amides is 1. The molecule has 0 atom stereocenters. The summed E-state index contributed by atoms with van der Waals surface area (Å²) in [6, 6.07) is 12.0. The molecule has 2 aromatic carbocycles. The maximum Gasteiger partial charge on any atom is 0.253 e. The molecule has 0 radical (unpaired) electrons. The highest BCUT2D eigenvalue weighted by atomic mass is 32.2. The Bertz CT molecular complexity index is 805. The lowest BCUT2D eigenvalue weighted by Crippen LogP contribution is -2.21. The number of phenols is 1. The average molecular weight is 400 g/mol. The molecule has 152 valence electrons. The van der Waals surface area contributed by atoms with Gasteiger partial charge in [0.25, 0.3) is 5.91 Å². The highest BCUT2D eigenvalue weighted by Gasteiger charge is 2.26. The number of rotatable bonds is 4. The molecule has 0 fully saturated rings. The van der Waals surface area contributed by atoms with Gasteiger partial charge in [0.15, 0.2) is 0 Å². The zero-order valence-corrected chi connectivity index (χ0v) is 19.2. The van der Waals surface area contributed by atoms with Crippen LogP contribution in [-0.4, -0.2) is 30.0 Å². The maximum atomic E-state index is 12.0. The van der Waals surface area contributed by atoms with Gasteiger partial charge in [0.1, 0.15) is 5.75 Å². The van der Waals surface area contributed by atoms with E-state index in [1.54, 1.807) is 30.8 Å². The van der Waals surface area contributed by atoms with Crippen molar-refractivity contribution in [2.24, 2.45) is 0 Å². The number of carbonyl (C=O) groups is 1. The van der Waals surface area contributed by atoms with Crippen molar-refractivity contribution in [3.63, 3.8) is 0 Å². The standard InChI is InChI=1S/C24H33NO2S/c1-23(2,3)19-13-18(14-20(21(19)26)24(4,5)6)28-15-16-9-11-17(12-10-16)22(27)25(7)8/h9-14,26H,15H2,1-8H3. The van der Waals surface area contributed by atoms with Gasteiger partial charge in [-0.05, 0) is 40.7 Å². The summed E-state index contributed by atoms with van der Waals surface area (Å²) >= 11 is 1.76. The summed E-state index contributed by atoms with van der Waals surface area (Å²) in [6.45, 7) is 12.8. The minimum Gasteiger partial charge on any atom is -0.507 e. The van der Waals surface area contributed by atoms with E-state index in [1.807, 2.05) is 24.3 Å². The van der Waals surface area contributed by atoms with E-state index in [1.165, 1.54) is 5.56 Å². The van der Waals surface area contributed by atoms with Crippen LogP contribution in [0.15, 0.2) is 41.3 Å². The van der Waals surface area contributed by atoms with Gasteiger partial charge in [-0.25, -0.2) is 0 Å². The van der Waals surface area contributed by atoms with Crippen LogP contribution in [0.2, 0.25) is 0 Å². The molecule has 1 amide bonds. The first-order chi connectivity index (χ1) is 12.8. The van der Waals surface area contributed by atoms with Gasteiger partial charge in [0.2, 0.25) is 0 Å². The number of hydrogen-bond acceptors (Lipinski definition) is 3. The number of benzene rings is 2. The lowest BCUT2D eigenvalue weighted by atomic mass is 9.79. The molecule has 0 aromatic heterocycles. The number of thioether (sulfide) groups is 1. The minimum atomic E-state index is -0.130. The van der Waals surface area contributed by atoms with Crippen LogP contribution in [0.1, 0.15) is 68.6 Å². The average Bonchev–Trinajstić information content (AvgIpc) is 2.58. The normalized spacial score (nSPS) is 12.1. The second-order valence-corrected chi connectivity index (χ2v) is 10.6. The predicted octanol–water partition coefficient (Wildman–Crippen LogP) is 5.98. The molecule has 0 heterocycles. The number of phenolic OH excluding ortho intramolecular Hbond substituents is 1. The van der Waals surface area contributed by atoms with Crippen LogP contribution in [0.25, 0.3) is 0 Å². The van der Waals surface area contributed by atoms with Crippen molar-refractivity contribution < 1.29 is 9.90 Å². The van der Waals surface area contributed by atoms with E-state index in [4.69, 9.17) is 0 Å². The van der Waals surface area contributed by atoms with Gasteiger partial charge < -0.3 is 10.0 Å². The zero-order valence-electron chi connectivity index (χ0n) is 18.4. The van der Waals surface area contributed by atoms with Crippen LogP contribution in [-0.2, 0) is 16.6 Å². The van der Waals surface area contributed by atoms with Crippen LogP contribution in [0.3, 0.4) is 0 Å². The largest absolute Gasteiger partial charge is 0.507 e. The Morgan fingerprint density at radius 2 is 1.39 bits per heavy atom. The summed E-state index contributed by atoms with van der Waals surface area (Å²) in [6.07, 6.45) is 0. The molecule has 0 spiro atoms. The molecule has 0 saturated heterocycles. The molecule has 0 bridgehead atoms. The molecule has 4 heteroatoms. The minimum absolute atomic E-state index is 0.0161. The van der Waals surface area contributed by atoms with E-state index in [2.05, 4.69) is 53.7 Å². The lowest BCUT2D eigenvalue weighted by molar-refractivity contribution is 0.0827. The fourth-order valence-corrected chi connectivity index (χ4v) is 3.93. The van der Waals surface area contributed by atoms with Gasteiger partial charge >= 0.3 is 0 Å².